The van der Waals surface area contributed by atoms with Crippen molar-refractivity contribution in [1.29, 1.82) is 0 Å². The van der Waals surface area contributed by atoms with Crippen LogP contribution in [0.1, 0.15) is 46.9 Å². The van der Waals surface area contributed by atoms with E-state index in [4.69, 9.17) is 4.74 Å². The molecule has 3 rings (SSSR count). The van der Waals surface area contributed by atoms with Gasteiger partial charge in [0.2, 0.25) is 0 Å². The third kappa shape index (κ3) is 2.84. The van der Waals surface area contributed by atoms with Gasteiger partial charge in [-0.25, -0.2) is 0 Å². The molecule has 2 aromatic carbocycles. The fourth-order valence-electron chi connectivity index (χ4n) is 3.27. The van der Waals surface area contributed by atoms with Crippen molar-refractivity contribution in [2.75, 3.05) is 7.11 Å². The average Bonchev–Trinajstić information content (AvgIpc) is 2.86. The summed E-state index contributed by atoms with van der Waals surface area (Å²) < 4.78 is 6.14. The van der Waals surface area contributed by atoms with Gasteiger partial charge < -0.3 is 14.4 Å². The van der Waals surface area contributed by atoms with Crippen molar-refractivity contribution in [2.24, 2.45) is 0 Å². The minimum absolute atomic E-state index is 0.0477. The summed E-state index contributed by atoms with van der Waals surface area (Å²) in [6.45, 7) is 1.98. The number of benzene rings is 2. The van der Waals surface area contributed by atoms with E-state index in [9.17, 15) is 9.59 Å². The minimum Gasteiger partial charge on any atom is -0.497 e. The van der Waals surface area contributed by atoms with Crippen LogP contribution in [0.15, 0.2) is 46.9 Å². The first kappa shape index (κ1) is 16.7. The fraction of sp³-hybridized carbons (Fsp3) is 0.263. The Hall–Kier alpha value is -2.14. The summed E-state index contributed by atoms with van der Waals surface area (Å²) in [6, 6.07) is 12.9. The number of ether oxygens (including phenoxy) is 1. The number of rotatable bonds is 5. The molecule has 0 spiro atoms. The molecule has 0 radical (unpaired) electrons. The molecule has 5 heteroatoms. The molecule has 2 aromatic rings. The highest BCUT2D eigenvalue weighted by atomic mass is 79.9. The quantitative estimate of drug-likeness (QED) is 0.718. The van der Waals surface area contributed by atoms with Gasteiger partial charge in [0.25, 0.3) is 5.91 Å². The Kier molecular flexibility index (Phi) is 4.71. The number of amides is 1. The lowest BCUT2D eigenvalue weighted by atomic mass is 10.0. The average molecular weight is 388 g/mol. The third-order valence-electron chi connectivity index (χ3n) is 4.49. The van der Waals surface area contributed by atoms with Crippen molar-refractivity contribution in [2.45, 2.75) is 25.4 Å². The number of halogens is 1. The zero-order valence-electron chi connectivity index (χ0n) is 13.5. The number of nitrogens with zero attached hydrogens (tertiary/aromatic N) is 1. The molecule has 0 fully saturated rings. The predicted molar refractivity (Wildman–Crippen MR) is 95.1 cm³/mol. The van der Waals surface area contributed by atoms with Crippen molar-refractivity contribution < 1.29 is 14.3 Å². The van der Waals surface area contributed by atoms with E-state index in [1.807, 2.05) is 49.4 Å². The summed E-state index contributed by atoms with van der Waals surface area (Å²) in [5.41, 5.74) is 2.54. The number of aldehydes is 1. The molecule has 0 aliphatic carbocycles. The zero-order chi connectivity index (χ0) is 17.3. The summed E-state index contributed by atoms with van der Waals surface area (Å²) in [7, 11) is 1.62. The van der Waals surface area contributed by atoms with Gasteiger partial charge in [0.1, 0.15) is 12.0 Å². The second-order valence-corrected chi connectivity index (χ2v) is 6.73. The van der Waals surface area contributed by atoms with Crippen LogP contribution in [0, 0.1) is 0 Å². The Morgan fingerprint density at radius 2 is 2.08 bits per heavy atom. The Morgan fingerprint density at radius 1 is 1.29 bits per heavy atom. The third-order valence-corrected chi connectivity index (χ3v) is 4.98. The number of hydrogen-bond donors (Lipinski definition) is 0. The van der Waals surface area contributed by atoms with E-state index in [0.29, 0.717) is 5.56 Å². The lowest BCUT2D eigenvalue weighted by molar-refractivity contribution is -0.108. The maximum atomic E-state index is 13.0. The molecule has 1 amide bonds. The van der Waals surface area contributed by atoms with Crippen LogP contribution in [-0.4, -0.2) is 24.2 Å². The van der Waals surface area contributed by atoms with Crippen LogP contribution < -0.4 is 4.74 Å². The van der Waals surface area contributed by atoms with Gasteiger partial charge in [-0.1, -0.05) is 34.1 Å². The Morgan fingerprint density at radius 3 is 2.79 bits per heavy atom. The highest BCUT2D eigenvalue weighted by Gasteiger charge is 2.39. The molecule has 1 unspecified atom stereocenters. The van der Waals surface area contributed by atoms with Crippen LogP contribution in [0.5, 0.6) is 5.75 Å². The minimum atomic E-state index is -0.237. The number of methoxy groups -OCH3 is 1. The van der Waals surface area contributed by atoms with Crippen molar-refractivity contribution in [3.63, 3.8) is 0 Å². The fourth-order valence-corrected chi connectivity index (χ4v) is 3.64. The molecule has 124 valence electrons. The van der Waals surface area contributed by atoms with Crippen molar-refractivity contribution >= 4 is 28.1 Å². The first-order valence-electron chi connectivity index (χ1n) is 7.76. The highest BCUT2D eigenvalue weighted by molar-refractivity contribution is 9.10. The monoisotopic (exact) mass is 387 g/mol. The Labute approximate surface area is 149 Å². The maximum absolute atomic E-state index is 13.0. The van der Waals surface area contributed by atoms with Crippen molar-refractivity contribution in [3.8, 4) is 5.75 Å². The normalized spacial score (nSPS) is 17.5. The van der Waals surface area contributed by atoms with Gasteiger partial charge in [-0.3, -0.25) is 4.79 Å². The van der Waals surface area contributed by atoms with Crippen LogP contribution in [0.4, 0.5) is 0 Å². The van der Waals surface area contributed by atoms with E-state index in [-0.39, 0.29) is 24.4 Å². The standard InChI is InChI=1S/C19H18BrNO3/c1-12(13-4-3-5-15(10-13)24-2)21-18(8-9-22)16-7-6-14(20)11-17(16)19(21)23/h3-7,9-12,18H,8H2,1-2H3/t12-,18?/m1/s1. The van der Waals surface area contributed by atoms with Crippen LogP contribution in [0.2, 0.25) is 0 Å². The summed E-state index contributed by atoms with van der Waals surface area (Å²) in [5, 5.41) is 0. The smallest absolute Gasteiger partial charge is 0.255 e. The van der Waals surface area contributed by atoms with Gasteiger partial charge in [-0.05, 0) is 42.3 Å². The lowest BCUT2D eigenvalue weighted by Gasteiger charge is -2.31. The number of hydrogen-bond acceptors (Lipinski definition) is 3. The van der Waals surface area contributed by atoms with E-state index >= 15 is 0 Å². The van der Waals surface area contributed by atoms with Gasteiger partial charge >= 0.3 is 0 Å². The SMILES string of the molecule is COc1cccc([C@@H](C)N2C(=O)c3cc(Br)ccc3C2CC=O)c1. The van der Waals surface area contributed by atoms with E-state index in [1.165, 1.54) is 0 Å². The van der Waals surface area contributed by atoms with E-state index in [1.54, 1.807) is 12.0 Å². The molecular formula is C19H18BrNO3. The summed E-state index contributed by atoms with van der Waals surface area (Å²) in [6.07, 6.45) is 1.16. The number of fused-ring (bicyclic) bond motifs is 1. The molecule has 0 saturated heterocycles. The van der Waals surface area contributed by atoms with Gasteiger partial charge in [0, 0.05) is 16.5 Å². The van der Waals surface area contributed by atoms with E-state index < -0.39 is 0 Å². The van der Waals surface area contributed by atoms with Crippen molar-refractivity contribution in [3.05, 3.63) is 63.6 Å². The summed E-state index contributed by atoms with van der Waals surface area (Å²) >= 11 is 3.42. The topological polar surface area (TPSA) is 46.6 Å². The van der Waals surface area contributed by atoms with Crippen LogP contribution in [0.3, 0.4) is 0 Å². The molecule has 24 heavy (non-hydrogen) atoms. The molecule has 4 nitrogen and oxygen atoms in total. The first-order chi connectivity index (χ1) is 11.6. The Balaban J connectivity index is 2.02. The van der Waals surface area contributed by atoms with Crippen LogP contribution in [-0.2, 0) is 4.79 Å². The molecule has 1 heterocycles. The lowest BCUT2D eigenvalue weighted by Crippen LogP contribution is -2.31. The molecular weight excluding hydrogens is 370 g/mol. The predicted octanol–water partition coefficient (Wildman–Crippen LogP) is 4.30. The van der Waals surface area contributed by atoms with Gasteiger partial charge in [-0.15, -0.1) is 0 Å². The molecule has 0 saturated carbocycles. The van der Waals surface area contributed by atoms with Gasteiger partial charge in [0.15, 0.2) is 0 Å². The number of carbonyl (C=O) groups excluding carboxylic acids is 2. The molecule has 0 N–H and O–H groups in total. The first-order valence-corrected chi connectivity index (χ1v) is 8.55. The highest BCUT2D eigenvalue weighted by Crippen LogP contribution is 2.42. The molecule has 1 aliphatic heterocycles. The van der Waals surface area contributed by atoms with Gasteiger partial charge in [-0.2, -0.15) is 0 Å². The second-order valence-electron chi connectivity index (χ2n) is 5.81. The van der Waals surface area contributed by atoms with Crippen molar-refractivity contribution in [1.82, 2.24) is 4.90 Å². The molecule has 1 aliphatic rings. The summed E-state index contributed by atoms with van der Waals surface area (Å²) in [4.78, 5) is 25.9. The van der Waals surface area contributed by atoms with Crippen LogP contribution in [0.25, 0.3) is 0 Å². The zero-order valence-corrected chi connectivity index (χ0v) is 15.1. The largest absolute Gasteiger partial charge is 0.497 e. The molecule has 0 aromatic heterocycles. The number of carbonyl (C=O) groups is 2. The second kappa shape index (κ2) is 6.77. The maximum Gasteiger partial charge on any atom is 0.255 e. The summed E-state index contributed by atoms with van der Waals surface area (Å²) in [5.74, 6) is 0.701. The van der Waals surface area contributed by atoms with E-state index in [2.05, 4.69) is 15.9 Å². The van der Waals surface area contributed by atoms with Gasteiger partial charge in [0.05, 0.1) is 19.2 Å². The molecule has 2 atom stereocenters. The van der Waals surface area contributed by atoms with Crippen LogP contribution >= 0.6 is 15.9 Å². The Bertz CT molecular complexity index is 790. The molecule has 0 bridgehead atoms. The van der Waals surface area contributed by atoms with E-state index in [0.717, 1.165) is 27.6 Å².